The molecule has 0 unspecified atom stereocenters. The SMILES string of the molecule is C=C[C@@H](C)[C@@H](O)[C@@H](C)CO[Si](c1ccccc1)(c1ccccc1)C(C)(C)C. The Kier molecular flexibility index (Phi) is 7.21. The van der Waals surface area contributed by atoms with Crippen LogP contribution in [0.5, 0.6) is 0 Å². The quantitative estimate of drug-likeness (QED) is 0.542. The Morgan fingerprint density at radius 3 is 1.78 bits per heavy atom. The van der Waals surface area contributed by atoms with Crippen LogP contribution >= 0.6 is 0 Å². The summed E-state index contributed by atoms with van der Waals surface area (Å²) in [6, 6.07) is 21.2. The molecule has 0 radical (unpaired) electrons. The molecule has 0 saturated carbocycles. The van der Waals surface area contributed by atoms with Crippen molar-refractivity contribution in [2.24, 2.45) is 11.8 Å². The van der Waals surface area contributed by atoms with Crippen molar-refractivity contribution >= 4 is 18.7 Å². The monoisotopic (exact) mass is 382 g/mol. The molecule has 0 aliphatic heterocycles. The molecule has 0 fully saturated rings. The van der Waals surface area contributed by atoms with Crippen molar-refractivity contribution in [1.82, 2.24) is 0 Å². The van der Waals surface area contributed by atoms with Crippen LogP contribution in [0.4, 0.5) is 0 Å². The molecule has 1 N–H and O–H groups in total. The van der Waals surface area contributed by atoms with Gasteiger partial charge in [-0.05, 0) is 15.4 Å². The van der Waals surface area contributed by atoms with Crippen LogP contribution in [-0.4, -0.2) is 26.1 Å². The van der Waals surface area contributed by atoms with Crippen molar-refractivity contribution in [3.05, 3.63) is 73.3 Å². The Morgan fingerprint density at radius 2 is 1.41 bits per heavy atom. The average molecular weight is 383 g/mol. The minimum absolute atomic E-state index is 0.0275. The molecule has 0 aromatic heterocycles. The zero-order valence-electron chi connectivity index (χ0n) is 17.4. The predicted molar refractivity (Wildman–Crippen MR) is 118 cm³/mol. The molecule has 0 bridgehead atoms. The third kappa shape index (κ3) is 4.60. The van der Waals surface area contributed by atoms with E-state index in [1.807, 2.05) is 13.0 Å². The van der Waals surface area contributed by atoms with Crippen LogP contribution in [0.1, 0.15) is 34.6 Å². The van der Waals surface area contributed by atoms with Gasteiger partial charge in [0.1, 0.15) is 0 Å². The summed E-state index contributed by atoms with van der Waals surface area (Å²) in [5.74, 6) is 0.0717. The minimum atomic E-state index is -2.54. The molecular weight excluding hydrogens is 348 g/mol. The number of aliphatic hydroxyl groups is 1. The lowest BCUT2D eigenvalue weighted by Gasteiger charge is -2.44. The molecular formula is C24H34O2Si. The molecule has 146 valence electrons. The number of hydrogen-bond acceptors (Lipinski definition) is 2. The third-order valence-electron chi connectivity index (χ3n) is 5.47. The van der Waals surface area contributed by atoms with E-state index in [9.17, 15) is 5.11 Å². The summed E-state index contributed by atoms with van der Waals surface area (Å²) < 4.78 is 6.89. The first-order valence-corrected chi connectivity index (χ1v) is 11.7. The maximum Gasteiger partial charge on any atom is 0.261 e. The highest BCUT2D eigenvalue weighted by Crippen LogP contribution is 2.37. The lowest BCUT2D eigenvalue weighted by Crippen LogP contribution is -2.67. The molecule has 2 aromatic carbocycles. The number of hydrogen-bond donors (Lipinski definition) is 1. The van der Waals surface area contributed by atoms with E-state index >= 15 is 0 Å². The molecule has 0 amide bonds. The normalized spacial score (nSPS) is 15.8. The van der Waals surface area contributed by atoms with E-state index in [0.717, 1.165) is 0 Å². The molecule has 0 saturated heterocycles. The summed E-state index contributed by atoms with van der Waals surface area (Å²) in [5, 5.41) is 13.1. The van der Waals surface area contributed by atoms with E-state index < -0.39 is 14.4 Å². The van der Waals surface area contributed by atoms with Crippen molar-refractivity contribution in [1.29, 1.82) is 0 Å². The molecule has 3 heteroatoms. The largest absolute Gasteiger partial charge is 0.407 e. The van der Waals surface area contributed by atoms with Crippen LogP contribution in [0.3, 0.4) is 0 Å². The lowest BCUT2D eigenvalue weighted by molar-refractivity contribution is 0.0550. The Hall–Kier alpha value is -1.68. The van der Waals surface area contributed by atoms with Gasteiger partial charge in [0.05, 0.1) is 6.10 Å². The molecule has 3 atom stereocenters. The molecule has 27 heavy (non-hydrogen) atoms. The van der Waals surface area contributed by atoms with Gasteiger partial charge in [0.25, 0.3) is 8.32 Å². The molecule has 2 aromatic rings. The summed E-state index contributed by atoms with van der Waals surface area (Å²) in [7, 11) is -2.54. The van der Waals surface area contributed by atoms with Gasteiger partial charge in [0, 0.05) is 18.4 Å². The van der Waals surface area contributed by atoms with Gasteiger partial charge in [0.15, 0.2) is 0 Å². The zero-order valence-corrected chi connectivity index (χ0v) is 18.4. The van der Waals surface area contributed by atoms with Gasteiger partial charge in [-0.25, -0.2) is 0 Å². The zero-order chi connectivity index (χ0) is 20.1. The van der Waals surface area contributed by atoms with E-state index in [4.69, 9.17) is 4.43 Å². The number of rotatable bonds is 8. The highest BCUT2D eigenvalue weighted by atomic mass is 28.4. The van der Waals surface area contributed by atoms with Crippen LogP contribution in [0.15, 0.2) is 73.3 Å². The second-order valence-corrected chi connectivity index (χ2v) is 12.8. The van der Waals surface area contributed by atoms with E-state index in [-0.39, 0.29) is 16.9 Å². The van der Waals surface area contributed by atoms with Crippen LogP contribution in [0.25, 0.3) is 0 Å². The van der Waals surface area contributed by atoms with Gasteiger partial charge in [-0.15, -0.1) is 6.58 Å². The topological polar surface area (TPSA) is 29.5 Å². The van der Waals surface area contributed by atoms with Crippen molar-refractivity contribution in [2.75, 3.05) is 6.61 Å². The highest BCUT2D eigenvalue weighted by molar-refractivity contribution is 6.99. The van der Waals surface area contributed by atoms with E-state index in [2.05, 4.69) is 94.9 Å². The van der Waals surface area contributed by atoms with Crippen LogP contribution in [0.2, 0.25) is 5.04 Å². The Labute approximate surface area is 166 Å². The third-order valence-corrected chi connectivity index (χ3v) is 10.5. The molecule has 0 spiro atoms. The van der Waals surface area contributed by atoms with Crippen molar-refractivity contribution < 1.29 is 9.53 Å². The summed E-state index contributed by atoms with van der Waals surface area (Å²) in [4.78, 5) is 0. The van der Waals surface area contributed by atoms with Gasteiger partial charge >= 0.3 is 0 Å². The minimum Gasteiger partial charge on any atom is -0.407 e. The fourth-order valence-electron chi connectivity index (χ4n) is 3.77. The lowest BCUT2D eigenvalue weighted by atomic mass is 9.94. The number of aliphatic hydroxyl groups excluding tert-OH is 1. The molecule has 0 heterocycles. The average Bonchev–Trinajstić information content (AvgIpc) is 2.67. The van der Waals surface area contributed by atoms with Crippen LogP contribution in [-0.2, 0) is 4.43 Å². The first-order valence-electron chi connectivity index (χ1n) is 9.79. The smallest absolute Gasteiger partial charge is 0.261 e. The van der Waals surface area contributed by atoms with E-state index in [1.165, 1.54) is 10.4 Å². The molecule has 0 aliphatic carbocycles. The summed E-state index contributed by atoms with van der Waals surface area (Å²) in [5.41, 5.74) is 0. The molecule has 2 rings (SSSR count). The van der Waals surface area contributed by atoms with Crippen molar-refractivity contribution in [3.8, 4) is 0 Å². The van der Waals surface area contributed by atoms with Gasteiger partial charge in [-0.2, -0.15) is 0 Å². The number of benzene rings is 2. The maximum atomic E-state index is 10.6. The van der Waals surface area contributed by atoms with E-state index in [0.29, 0.717) is 6.61 Å². The maximum absolute atomic E-state index is 10.6. The second-order valence-electron chi connectivity index (χ2n) is 8.54. The molecule has 2 nitrogen and oxygen atoms in total. The van der Waals surface area contributed by atoms with Gasteiger partial charge in [-0.3, -0.25) is 0 Å². The fraction of sp³-hybridized carbons (Fsp3) is 0.417. The van der Waals surface area contributed by atoms with Crippen LogP contribution in [0, 0.1) is 11.8 Å². The van der Waals surface area contributed by atoms with Crippen LogP contribution < -0.4 is 10.4 Å². The summed E-state index contributed by atoms with van der Waals surface area (Å²) in [6.07, 6.45) is 1.35. The highest BCUT2D eigenvalue weighted by Gasteiger charge is 2.50. The first-order chi connectivity index (χ1) is 12.7. The Bertz CT molecular complexity index is 667. The predicted octanol–water partition coefficient (Wildman–Crippen LogP) is 4.38. The van der Waals surface area contributed by atoms with Gasteiger partial charge in [0.2, 0.25) is 0 Å². The van der Waals surface area contributed by atoms with Crippen molar-refractivity contribution in [2.45, 2.75) is 45.8 Å². The first kappa shape index (κ1) is 21.6. The van der Waals surface area contributed by atoms with Crippen molar-refractivity contribution in [3.63, 3.8) is 0 Å². The van der Waals surface area contributed by atoms with Gasteiger partial charge in [-0.1, -0.05) is 101 Å². The van der Waals surface area contributed by atoms with E-state index in [1.54, 1.807) is 0 Å². The fourth-order valence-corrected chi connectivity index (χ4v) is 8.44. The Balaban J connectivity index is 2.48. The summed E-state index contributed by atoms with van der Waals surface area (Å²) in [6.45, 7) is 15.2. The Morgan fingerprint density at radius 1 is 0.963 bits per heavy atom. The second kappa shape index (κ2) is 9.00. The standard InChI is InChI=1S/C24H34O2Si/c1-7-19(2)23(25)20(3)18-26-27(24(4,5)6,21-14-10-8-11-15-21)22-16-12-9-13-17-22/h7-17,19-20,23,25H,1,18H2,2-6H3/t19-,20+,23-/m1/s1. The van der Waals surface area contributed by atoms with Gasteiger partial charge < -0.3 is 9.53 Å². The molecule has 0 aliphatic rings. The summed E-state index contributed by atoms with van der Waals surface area (Å²) >= 11 is 0.